The van der Waals surface area contributed by atoms with Gasteiger partial charge in [0.15, 0.2) is 6.10 Å². The molecule has 0 bridgehead atoms. The second-order valence-electron chi connectivity index (χ2n) is 4.59. The number of hydrogen-bond donors (Lipinski definition) is 3. The van der Waals surface area contributed by atoms with E-state index in [0.29, 0.717) is 16.3 Å². The fourth-order valence-corrected chi connectivity index (χ4v) is 1.92. The summed E-state index contributed by atoms with van der Waals surface area (Å²) >= 11 is 5.75. The number of amides is 2. The summed E-state index contributed by atoms with van der Waals surface area (Å²) in [7, 11) is 0. The minimum Gasteiger partial charge on any atom is -0.378 e. The van der Waals surface area contributed by atoms with E-state index < -0.39 is 17.9 Å². The number of aliphatic hydroxyl groups is 1. The van der Waals surface area contributed by atoms with Gasteiger partial charge in [0.1, 0.15) is 0 Å². The van der Waals surface area contributed by atoms with Crippen LogP contribution in [0.4, 0.5) is 5.69 Å². The van der Waals surface area contributed by atoms with Crippen molar-refractivity contribution in [3.05, 3.63) is 65.2 Å². The molecule has 2 rings (SSSR count). The summed E-state index contributed by atoms with van der Waals surface area (Å²) in [6.07, 6.45) is -1.30. The van der Waals surface area contributed by atoms with Crippen molar-refractivity contribution in [3.8, 4) is 0 Å². The molecule has 0 aliphatic heterocycles. The average molecular weight is 319 g/mol. The van der Waals surface area contributed by atoms with E-state index in [1.807, 2.05) is 0 Å². The van der Waals surface area contributed by atoms with Gasteiger partial charge in [0.25, 0.3) is 5.91 Å². The zero-order valence-corrected chi connectivity index (χ0v) is 12.4. The van der Waals surface area contributed by atoms with Gasteiger partial charge in [-0.25, -0.2) is 0 Å². The van der Waals surface area contributed by atoms with E-state index in [1.54, 1.807) is 54.6 Å². The van der Waals surface area contributed by atoms with Gasteiger partial charge in [-0.2, -0.15) is 0 Å². The van der Waals surface area contributed by atoms with Crippen LogP contribution in [0.5, 0.6) is 0 Å². The van der Waals surface area contributed by atoms with Crippen molar-refractivity contribution in [2.75, 3.05) is 11.9 Å². The second-order valence-corrected chi connectivity index (χ2v) is 5.02. The first-order valence-corrected chi connectivity index (χ1v) is 7.00. The van der Waals surface area contributed by atoms with Gasteiger partial charge >= 0.3 is 0 Å². The smallest absolute Gasteiger partial charge is 0.253 e. The molecule has 2 aromatic carbocycles. The Bertz CT molecular complexity index is 644. The lowest BCUT2D eigenvalue weighted by atomic mass is 10.1. The maximum atomic E-state index is 11.8. The highest BCUT2D eigenvalue weighted by molar-refractivity contribution is 6.30. The lowest BCUT2D eigenvalue weighted by Crippen LogP contribution is -2.36. The molecule has 2 aromatic rings. The third-order valence-corrected chi connectivity index (χ3v) is 3.17. The molecule has 0 aliphatic carbocycles. The molecular weight excluding hydrogens is 304 g/mol. The van der Waals surface area contributed by atoms with E-state index in [-0.39, 0.29) is 6.54 Å². The standard InChI is InChI=1S/C16H15ClN2O3/c17-12-6-8-13(9-7-12)19-14(20)10-18-16(22)15(21)11-4-2-1-3-5-11/h1-9,15,21H,10H2,(H,18,22)(H,19,20). The van der Waals surface area contributed by atoms with Crippen molar-refractivity contribution < 1.29 is 14.7 Å². The van der Waals surface area contributed by atoms with Gasteiger partial charge in [0.05, 0.1) is 6.54 Å². The Morgan fingerprint density at radius 2 is 1.68 bits per heavy atom. The van der Waals surface area contributed by atoms with Crippen LogP contribution in [0.2, 0.25) is 5.02 Å². The molecule has 0 radical (unpaired) electrons. The highest BCUT2D eigenvalue weighted by atomic mass is 35.5. The molecule has 1 atom stereocenters. The van der Waals surface area contributed by atoms with Crippen LogP contribution < -0.4 is 10.6 Å². The number of anilines is 1. The molecule has 3 N–H and O–H groups in total. The molecule has 6 heteroatoms. The first kappa shape index (κ1) is 16.0. The van der Waals surface area contributed by atoms with Gasteiger partial charge in [-0.05, 0) is 29.8 Å². The molecule has 5 nitrogen and oxygen atoms in total. The quantitative estimate of drug-likeness (QED) is 0.790. The van der Waals surface area contributed by atoms with Gasteiger partial charge in [-0.15, -0.1) is 0 Å². The predicted octanol–water partition coefficient (Wildman–Crippen LogP) is 2.13. The molecule has 2 amide bonds. The first-order valence-electron chi connectivity index (χ1n) is 6.62. The summed E-state index contributed by atoms with van der Waals surface area (Å²) in [6, 6.07) is 15.1. The predicted molar refractivity (Wildman–Crippen MR) is 84.5 cm³/mol. The number of carbonyl (C=O) groups is 2. The summed E-state index contributed by atoms with van der Waals surface area (Å²) in [5.41, 5.74) is 1.05. The van der Waals surface area contributed by atoms with Crippen molar-refractivity contribution in [3.63, 3.8) is 0 Å². The SMILES string of the molecule is O=C(CNC(=O)C(O)c1ccccc1)Nc1ccc(Cl)cc1. The summed E-state index contributed by atoms with van der Waals surface area (Å²) in [5.74, 6) is -1.02. The minimum absolute atomic E-state index is 0.231. The highest BCUT2D eigenvalue weighted by Crippen LogP contribution is 2.13. The van der Waals surface area contributed by atoms with Crippen molar-refractivity contribution in [2.45, 2.75) is 6.10 Å². The Kier molecular flexibility index (Phi) is 5.52. The maximum absolute atomic E-state index is 11.8. The molecule has 0 aromatic heterocycles. The summed E-state index contributed by atoms with van der Waals surface area (Å²) in [4.78, 5) is 23.5. The van der Waals surface area contributed by atoms with E-state index in [0.717, 1.165) is 0 Å². The molecular formula is C16H15ClN2O3. The minimum atomic E-state index is -1.30. The topological polar surface area (TPSA) is 78.4 Å². The van der Waals surface area contributed by atoms with Crippen LogP contribution in [-0.2, 0) is 9.59 Å². The number of nitrogens with one attached hydrogen (secondary N) is 2. The number of halogens is 1. The summed E-state index contributed by atoms with van der Waals surface area (Å²) < 4.78 is 0. The van der Waals surface area contributed by atoms with Crippen LogP contribution in [0.15, 0.2) is 54.6 Å². The molecule has 114 valence electrons. The second kappa shape index (κ2) is 7.59. The Morgan fingerprint density at radius 1 is 1.05 bits per heavy atom. The van der Waals surface area contributed by atoms with E-state index in [4.69, 9.17) is 11.6 Å². The number of carbonyl (C=O) groups excluding carboxylic acids is 2. The summed E-state index contributed by atoms with van der Waals surface area (Å²) in [5, 5.41) is 15.4. The van der Waals surface area contributed by atoms with Crippen LogP contribution in [0.3, 0.4) is 0 Å². The molecule has 0 saturated heterocycles. The fraction of sp³-hybridized carbons (Fsp3) is 0.125. The number of benzene rings is 2. The molecule has 0 fully saturated rings. The normalized spacial score (nSPS) is 11.5. The highest BCUT2D eigenvalue weighted by Gasteiger charge is 2.17. The van der Waals surface area contributed by atoms with Gasteiger partial charge in [0, 0.05) is 10.7 Å². The van der Waals surface area contributed by atoms with E-state index in [2.05, 4.69) is 10.6 Å². The van der Waals surface area contributed by atoms with Crippen molar-refractivity contribution in [1.82, 2.24) is 5.32 Å². The lowest BCUT2D eigenvalue weighted by Gasteiger charge is -2.11. The third-order valence-electron chi connectivity index (χ3n) is 2.91. The van der Waals surface area contributed by atoms with Crippen LogP contribution in [0.1, 0.15) is 11.7 Å². The fourth-order valence-electron chi connectivity index (χ4n) is 1.79. The van der Waals surface area contributed by atoms with Gasteiger partial charge in [-0.1, -0.05) is 41.9 Å². The lowest BCUT2D eigenvalue weighted by molar-refractivity contribution is -0.131. The molecule has 0 spiro atoms. The molecule has 0 heterocycles. The van der Waals surface area contributed by atoms with Crippen LogP contribution in [-0.4, -0.2) is 23.5 Å². The van der Waals surface area contributed by atoms with Gasteiger partial charge in [-0.3, -0.25) is 9.59 Å². The average Bonchev–Trinajstić information content (AvgIpc) is 2.55. The van der Waals surface area contributed by atoms with Crippen LogP contribution in [0, 0.1) is 0 Å². The van der Waals surface area contributed by atoms with Gasteiger partial charge < -0.3 is 15.7 Å². The van der Waals surface area contributed by atoms with Crippen molar-refractivity contribution in [1.29, 1.82) is 0 Å². The number of aliphatic hydroxyl groups excluding tert-OH is 1. The van der Waals surface area contributed by atoms with Crippen molar-refractivity contribution in [2.24, 2.45) is 0 Å². The van der Waals surface area contributed by atoms with E-state index in [1.165, 1.54) is 0 Å². The van der Waals surface area contributed by atoms with Crippen LogP contribution in [0.25, 0.3) is 0 Å². The summed E-state index contributed by atoms with van der Waals surface area (Å²) in [6.45, 7) is -0.231. The van der Waals surface area contributed by atoms with Crippen LogP contribution >= 0.6 is 11.6 Å². The molecule has 0 saturated carbocycles. The molecule has 0 aliphatic rings. The molecule has 22 heavy (non-hydrogen) atoms. The maximum Gasteiger partial charge on any atom is 0.253 e. The number of hydrogen-bond acceptors (Lipinski definition) is 3. The third kappa shape index (κ3) is 4.58. The monoisotopic (exact) mass is 318 g/mol. The zero-order chi connectivity index (χ0) is 15.9. The van der Waals surface area contributed by atoms with E-state index in [9.17, 15) is 14.7 Å². The largest absolute Gasteiger partial charge is 0.378 e. The Hall–Kier alpha value is -2.37. The number of rotatable bonds is 5. The van der Waals surface area contributed by atoms with Crippen molar-refractivity contribution >= 4 is 29.1 Å². The Balaban J connectivity index is 1.83. The Labute approximate surface area is 132 Å². The Morgan fingerprint density at radius 3 is 2.32 bits per heavy atom. The van der Waals surface area contributed by atoms with Gasteiger partial charge in [0.2, 0.25) is 5.91 Å². The molecule has 1 unspecified atom stereocenters. The zero-order valence-electron chi connectivity index (χ0n) is 11.6. The van der Waals surface area contributed by atoms with E-state index >= 15 is 0 Å². The first-order chi connectivity index (χ1) is 10.6.